The number of hydrogen-bond acceptors (Lipinski definition) is 5. The lowest BCUT2D eigenvalue weighted by atomic mass is 9.78. The number of allylic oxidation sites excluding steroid dienone is 2. The van der Waals surface area contributed by atoms with E-state index in [1.54, 1.807) is 11.1 Å². The molecule has 5 aliphatic rings. The number of halogens is 2. The second-order valence-electron chi connectivity index (χ2n) is 12.9. The molecule has 1 saturated carbocycles. The number of benzene rings is 2. The Balaban J connectivity index is 1.14. The fourth-order valence-electron chi connectivity index (χ4n) is 8.12. The van der Waals surface area contributed by atoms with Crippen molar-refractivity contribution in [2.24, 2.45) is 10.4 Å². The van der Waals surface area contributed by atoms with Crippen LogP contribution >= 0.6 is 0 Å². The van der Waals surface area contributed by atoms with E-state index >= 15 is 0 Å². The predicted octanol–water partition coefficient (Wildman–Crippen LogP) is 5.35. The average molecular weight is 594 g/mol. The number of hydrogen-bond donors (Lipinski definition) is 2. The van der Waals surface area contributed by atoms with Crippen LogP contribution in [0.1, 0.15) is 66.8 Å². The van der Waals surface area contributed by atoms with Gasteiger partial charge < -0.3 is 15.5 Å². The van der Waals surface area contributed by atoms with Crippen LogP contribution < -0.4 is 10.6 Å². The van der Waals surface area contributed by atoms with Gasteiger partial charge in [0.2, 0.25) is 11.8 Å². The van der Waals surface area contributed by atoms with E-state index in [2.05, 4.69) is 33.8 Å². The summed E-state index contributed by atoms with van der Waals surface area (Å²) in [5, 5.41) is 7.45. The lowest BCUT2D eigenvalue weighted by Crippen LogP contribution is -2.54. The molecular formula is C35H33F2N5O2. The Morgan fingerprint density at radius 3 is 2.55 bits per heavy atom. The zero-order valence-electron chi connectivity index (χ0n) is 24.3. The molecule has 4 heterocycles. The average Bonchev–Trinajstić information content (AvgIpc) is 3.60. The van der Waals surface area contributed by atoms with Crippen molar-refractivity contribution in [3.63, 3.8) is 0 Å². The van der Waals surface area contributed by atoms with Gasteiger partial charge in [-0.2, -0.15) is 0 Å². The Bertz CT molecular complexity index is 1800. The number of amides is 2. The van der Waals surface area contributed by atoms with Gasteiger partial charge in [-0.15, -0.1) is 0 Å². The first kappa shape index (κ1) is 27.3. The molecule has 44 heavy (non-hydrogen) atoms. The van der Waals surface area contributed by atoms with Crippen molar-refractivity contribution in [3.8, 4) is 0 Å². The Hall–Kier alpha value is -4.24. The number of nitrogens with zero attached hydrogens (tertiary/aromatic N) is 3. The lowest BCUT2D eigenvalue weighted by Gasteiger charge is -2.36. The maximum atomic E-state index is 14.4. The van der Waals surface area contributed by atoms with Crippen LogP contribution in [0.3, 0.4) is 0 Å². The summed E-state index contributed by atoms with van der Waals surface area (Å²) in [6.45, 7) is 0.859. The smallest absolute Gasteiger partial charge is 0.243 e. The molecule has 2 N–H and O–H groups in total. The zero-order chi connectivity index (χ0) is 30.1. The first-order valence-electron chi connectivity index (χ1n) is 15.5. The third kappa shape index (κ3) is 4.31. The summed E-state index contributed by atoms with van der Waals surface area (Å²) < 4.78 is 28.7. The van der Waals surface area contributed by atoms with Gasteiger partial charge in [-0.1, -0.05) is 25.0 Å². The van der Waals surface area contributed by atoms with Crippen LogP contribution in [0.5, 0.6) is 0 Å². The first-order chi connectivity index (χ1) is 21.3. The molecular weight excluding hydrogens is 560 g/mol. The quantitative estimate of drug-likeness (QED) is 0.429. The van der Waals surface area contributed by atoms with E-state index in [1.807, 2.05) is 18.4 Å². The highest BCUT2D eigenvalue weighted by atomic mass is 19.1. The highest BCUT2D eigenvalue weighted by Gasteiger charge is 2.52. The molecule has 2 amide bonds. The standard InChI is InChI=1S/C35H33F2N5O2/c36-26-13-23(14-27(37)16-26)30-6-10-40-35(7-2-3-8-35)33(44)42(30)20-21-11-22-12-24-17-34(18-25(24)15-29(22)39-19-21)28-5-1-4-9-38-31(28)41-32(34)43/h1,5,9,11-16,19,30,40H,2-4,6-8,10,17-18,20H2,(H,41,43). The third-order valence-corrected chi connectivity index (χ3v) is 10.2. The fraction of sp³-hybridized carbons (Fsp3) is 0.371. The third-order valence-electron chi connectivity index (χ3n) is 10.2. The highest BCUT2D eigenvalue weighted by molar-refractivity contribution is 5.95. The van der Waals surface area contributed by atoms with Crippen molar-refractivity contribution in [2.75, 3.05) is 6.54 Å². The second-order valence-corrected chi connectivity index (χ2v) is 12.9. The number of aromatic nitrogens is 1. The van der Waals surface area contributed by atoms with Crippen molar-refractivity contribution >= 4 is 28.9 Å². The number of fused-ring (bicyclic) bond motifs is 3. The predicted molar refractivity (Wildman–Crippen MR) is 162 cm³/mol. The van der Waals surface area contributed by atoms with E-state index in [4.69, 9.17) is 4.98 Å². The Kier molecular flexibility index (Phi) is 6.31. The number of carbonyl (C=O) groups excluding carboxylic acids is 2. The molecule has 1 saturated heterocycles. The minimum atomic E-state index is -0.676. The molecule has 0 bridgehead atoms. The minimum Gasteiger partial charge on any atom is -0.330 e. The van der Waals surface area contributed by atoms with Gasteiger partial charge in [0.15, 0.2) is 0 Å². The first-order valence-corrected chi connectivity index (χ1v) is 15.5. The van der Waals surface area contributed by atoms with Crippen molar-refractivity contribution in [1.29, 1.82) is 0 Å². The van der Waals surface area contributed by atoms with Gasteiger partial charge in [-0.25, -0.2) is 13.8 Å². The second kappa shape index (κ2) is 10.2. The largest absolute Gasteiger partial charge is 0.330 e. The molecule has 9 heteroatoms. The molecule has 0 radical (unpaired) electrons. The van der Waals surface area contributed by atoms with Crippen LogP contribution in [0.25, 0.3) is 10.9 Å². The number of pyridine rings is 1. The van der Waals surface area contributed by atoms with E-state index in [1.165, 1.54) is 12.1 Å². The van der Waals surface area contributed by atoms with Crippen LogP contribution in [0, 0.1) is 17.0 Å². The van der Waals surface area contributed by atoms with Gasteiger partial charge in [0.05, 0.1) is 22.5 Å². The van der Waals surface area contributed by atoms with E-state index in [0.29, 0.717) is 37.2 Å². The molecule has 2 aromatic carbocycles. The molecule has 2 fully saturated rings. The molecule has 2 unspecified atom stereocenters. The molecule has 7 nitrogen and oxygen atoms in total. The van der Waals surface area contributed by atoms with Crippen molar-refractivity contribution in [1.82, 2.24) is 20.5 Å². The number of rotatable bonds is 3. The number of aliphatic imine (C=N–C) groups is 1. The van der Waals surface area contributed by atoms with Gasteiger partial charge >= 0.3 is 0 Å². The van der Waals surface area contributed by atoms with E-state index < -0.39 is 28.6 Å². The molecule has 2 atom stereocenters. The Morgan fingerprint density at radius 1 is 0.977 bits per heavy atom. The number of nitrogens with one attached hydrogen (secondary N) is 2. The van der Waals surface area contributed by atoms with Gasteiger partial charge in [0.1, 0.15) is 17.5 Å². The van der Waals surface area contributed by atoms with Crippen LogP contribution in [-0.4, -0.2) is 40.0 Å². The molecule has 3 aliphatic heterocycles. The summed E-state index contributed by atoms with van der Waals surface area (Å²) in [6, 6.07) is 9.32. The summed E-state index contributed by atoms with van der Waals surface area (Å²) in [5.74, 6) is -0.693. The molecule has 3 aromatic rings. The van der Waals surface area contributed by atoms with Crippen LogP contribution in [0.15, 0.2) is 71.1 Å². The summed E-state index contributed by atoms with van der Waals surface area (Å²) in [7, 11) is 0. The van der Waals surface area contributed by atoms with Crippen LogP contribution in [0.4, 0.5) is 8.78 Å². The summed E-state index contributed by atoms with van der Waals surface area (Å²) in [4.78, 5) is 38.6. The molecule has 1 aromatic heterocycles. The van der Waals surface area contributed by atoms with Crippen molar-refractivity contribution in [2.45, 2.75) is 69.5 Å². The number of carbonyl (C=O) groups is 2. The van der Waals surface area contributed by atoms with Gasteiger partial charge in [0, 0.05) is 42.4 Å². The monoisotopic (exact) mass is 593 g/mol. The Labute approximate surface area is 254 Å². The maximum absolute atomic E-state index is 14.4. The van der Waals surface area contributed by atoms with E-state index in [-0.39, 0.29) is 18.4 Å². The molecule has 2 spiro atoms. The normalized spacial score (nSPS) is 25.6. The van der Waals surface area contributed by atoms with E-state index in [0.717, 1.165) is 71.3 Å². The Morgan fingerprint density at radius 2 is 1.75 bits per heavy atom. The summed E-state index contributed by atoms with van der Waals surface area (Å²) in [6.07, 6.45) is 13.6. The topological polar surface area (TPSA) is 86.7 Å². The van der Waals surface area contributed by atoms with Gasteiger partial charge in [-0.05, 0) is 91.2 Å². The SMILES string of the molecule is O=C1N(Cc2cnc3cc4c(cc3c2)CC2(C4)C(=O)NC3=C2C=CCC=N3)C(c2cc(F)cc(F)c2)CCNC12CCCC2. The summed E-state index contributed by atoms with van der Waals surface area (Å²) in [5.41, 5.74) is 3.97. The minimum absolute atomic E-state index is 0.0194. The van der Waals surface area contributed by atoms with E-state index in [9.17, 15) is 18.4 Å². The fourth-order valence-corrected chi connectivity index (χ4v) is 8.12. The maximum Gasteiger partial charge on any atom is 0.243 e. The highest BCUT2D eigenvalue weighted by Crippen LogP contribution is 2.48. The van der Waals surface area contributed by atoms with Crippen LogP contribution in [0.2, 0.25) is 0 Å². The van der Waals surface area contributed by atoms with Crippen LogP contribution in [-0.2, 0) is 29.0 Å². The summed E-state index contributed by atoms with van der Waals surface area (Å²) >= 11 is 0. The van der Waals surface area contributed by atoms with Gasteiger partial charge in [0.25, 0.3) is 0 Å². The van der Waals surface area contributed by atoms with Crippen molar-refractivity contribution < 1.29 is 18.4 Å². The van der Waals surface area contributed by atoms with Crippen molar-refractivity contribution in [3.05, 3.63) is 100 Å². The van der Waals surface area contributed by atoms with Gasteiger partial charge in [-0.3, -0.25) is 14.6 Å². The molecule has 224 valence electrons. The zero-order valence-corrected chi connectivity index (χ0v) is 24.3. The molecule has 2 aliphatic carbocycles. The lowest BCUT2D eigenvalue weighted by molar-refractivity contribution is -0.140. The molecule has 8 rings (SSSR count).